The lowest BCUT2D eigenvalue weighted by molar-refractivity contribution is -0.130. The number of H-pyrrole nitrogens is 1. The number of nitrogens with zero attached hydrogens (tertiary/aromatic N) is 5. The zero-order valence-electron chi connectivity index (χ0n) is 30.4. The molecule has 3 aromatic carbocycles. The molecule has 0 saturated heterocycles. The number of rotatable bonds is 17. The summed E-state index contributed by atoms with van der Waals surface area (Å²) in [4.78, 5) is 43.7. The number of aromatic hydroxyl groups is 1. The van der Waals surface area contributed by atoms with E-state index in [2.05, 4.69) is 55.0 Å². The van der Waals surface area contributed by atoms with Gasteiger partial charge in [-0.1, -0.05) is 59.8 Å². The first-order chi connectivity index (χ1) is 26.1. The van der Waals surface area contributed by atoms with Gasteiger partial charge in [0.15, 0.2) is 11.8 Å². The Hall–Kier alpha value is -6.28. The number of benzene rings is 3. The maximum absolute atomic E-state index is 14.2. The number of carbonyl (C=O) groups is 2. The molecule has 0 aliphatic heterocycles. The van der Waals surface area contributed by atoms with Crippen LogP contribution in [-0.4, -0.2) is 58.7 Å². The first kappa shape index (κ1) is 37.5. The SMILES string of the molecule is Cc1cc(O)cc(C)c1C[C@H](NC(=O)[C@H](N)CCCn1ccnc1N)C(=O)N[C@@H](CCc1cnc[nH]1)c1nc(Cc2ccc(-c3ccccc3)cc2)no1. The van der Waals surface area contributed by atoms with Gasteiger partial charge in [0, 0.05) is 43.7 Å². The van der Waals surface area contributed by atoms with Gasteiger partial charge in [0.2, 0.25) is 17.7 Å². The minimum atomic E-state index is -1.00. The van der Waals surface area contributed by atoms with Crippen LogP contribution < -0.4 is 22.1 Å². The summed E-state index contributed by atoms with van der Waals surface area (Å²) in [5.41, 5.74) is 18.7. The Morgan fingerprint density at radius 2 is 1.72 bits per heavy atom. The first-order valence-corrected chi connectivity index (χ1v) is 18.0. The highest BCUT2D eigenvalue weighted by atomic mass is 16.5. The van der Waals surface area contributed by atoms with Gasteiger partial charge in [0.05, 0.1) is 12.4 Å². The lowest BCUT2D eigenvalue weighted by Crippen LogP contribution is -2.53. The van der Waals surface area contributed by atoms with Crippen molar-refractivity contribution in [2.45, 2.75) is 77.0 Å². The molecule has 0 saturated carbocycles. The van der Waals surface area contributed by atoms with Gasteiger partial charge in [-0.05, 0) is 85.0 Å². The van der Waals surface area contributed by atoms with Crippen LogP contribution in [0, 0.1) is 13.8 Å². The zero-order chi connectivity index (χ0) is 38.0. The number of imidazole rings is 2. The number of anilines is 1. The van der Waals surface area contributed by atoms with E-state index in [9.17, 15) is 14.7 Å². The van der Waals surface area contributed by atoms with Crippen LogP contribution in [0.1, 0.15) is 65.0 Å². The second kappa shape index (κ2) is 17.5. The topological polar surface area (TPSA) is 216 Å². The zero-order valence-corrected chi connectivity index (χ0v) is 30.4. The molecular formula is C40H46N10O4. The molecule has 8 N–H and O–H groups in total. The highest BCUT2D eigenvalue weighted by molar-refractivity contribution is 5.90. The molecule has 0 spiro atoms. The van der Waals surface area contributed by atoms with Crippen LogP contribution >= 0.6 is 0 Å². The lowest BCUT2D eigenvalue weighted by Gasteiger charge is -2.24. The second-order valence-corrected chi connectivity index (χ2v) is 13.5. The fraction of sp³-hybridized carbons (Fsp3) is 0.300. The highest BCUT2D eigenvalue weighted by Crippen LogP contribution is 2.24. The molecule has 0 aliphatic carbocycles. The van der Waals surface area contributed by atoms with Gasteiger partial charge in [-0.3, -0.25) is 9.59 Å². The molecule has 0 aliphatic rings. The number of amides is 2. The van der Waals surface area contributed by atoms with Crippen molar-refractivity contribution in [2.75, 3.05) is 5.73 Å². The molecule has 0 bridgehead atoms. The van der Waals surface area contributed by atoms with Crippen molar-refractivity contribution < 1.29 is 19.2 Å². The fourth-order valence-electron chi connectivity index (χ4n) is 6.49. The van der Waals surface area contributed by atoms with Gasteiger partial charge in [-0.25, -0.2) is 9.97 Å². The Labute approximate surface area is 313 Å². The summed E-state index contributed by atoms with van der Waals surface area (Å²) in [5.74, 6) is 0.322. The molecule has 54 heavy (non-hydrogen) atoms. The summed E-state index contributed by atoms with van der Waals surface area (Å²) >= 11 is 0. The number of phenols is 1. The van der Waals surface area contributed by atoms with E-state index in [-0.39, 0.29) is 18.1 Å². The third-order valence-electron chi connectivity index (χ3n) is 9.50. The van der Waals surface area contributed by atoms with Crippen molar-refractivity contribution in [1.29, 1.82) is 0 Å². The highest BCUT2D eigenvalue weighted by Gasteiger charge is 2.29. The third kappa shape index (κ3) is 9.77. The predicted octanol–water partition coefficient (Wildman–Crippen LogP) is 4.48. The lowest BCUT2D eigenvalue weighted by atomic mass is 9.95. The van der Waals surface area contributed by atoms with E-state index in [1.807, 2.05) is 44.2 Å². The number of phenolic OH excluding ortho intramolecular Hbond substituents is 1. The molecule has 0 radical (unpaired) electrons. The molecule has 3 heterocycles. The molecule has 14 heteroatoms. The number of nitrogens with one attached hydrogen (secondary N) is 3. The summed E-state index contributed by atoms with van der Waals surface area (Å²) in [6.07, 6.45) is 9.17. The maximum Gasteiger partial charge on any atom is 0.249 e. The van der Waals surface area contributed by atoms with Crippen molar-refractivity contribution in [3.05, 3.63) is 131 Å². The van der Waals surface area contributed by atoms with E-state index in [1.54, 1.807) is 41.6 Å². The molecular weight excluding hydrogens is 685 g/mol. The Kier molecular flexibility index (Phi) is 12.1. The number of aryl methyl sites for hydroxylation is 4. The summed E-state index contributed by atoms with van der Waals surface area (Å²) < 4.78 is 7.55. The van der Waals surface area contributed by atoms with Crippen LogP contribution in [0.5, 0.6) is 5.75 Å². The predicted molar refractivity (Wildman–Crippen MR) is 204 cm³/mol. The molecule has 6 rings (SSSR count). The number of carbonyl (C=O) groups excluding carboxylic acids is 2. The quantitative estimate of drug-likeness (QED) is 0.0774. The van der Waals surface area contributed by atoms with Gasteiger partial charge >= 0.3 is 0 Å². The Balaban J connectivity index is 1.19. The van der Waals surface area contributed by atoms with E-state index < -0.39 is 29.9 Å². The van der Waals surface area contributed by atoms with Crippen molar-refractivity contribution in [3.8, 4) is 16.9 Å². The summed E-state index contributed by atoms with van der Waals surface area (Å²) in [5, 5.41) is 20.4. The summed E-state index contributed by atoms with van der Waals surface area (Å²) in [7, 11) is 0. The number of hydrogen-bond donors (Lipinski definition) is 6. The van der Waals surface area contributed by atoms with Gasteiger partial charge < -0.3 is 41.3 Å². The standard InChI is InChI=1S/C40H46N10O4/c1-25-19-31(51)20-26(2)32(25)22-35(47-37(52)33(41)9-6-17-50-18-16-44-40(50)42)38(53)46-34(15-14-30-23-43-24-45-30)39-48-36(49-54-39)21-27-10-12-29(13-11-27)28-7-4-3-5-8-28/h3-5,7-8,10-13,16,18-20,23-24,33-35,51H,6,9,14-15,17,21-22,41H2,1-2H3,(H2,42,44)(H,43,45)(H,46,53)(H,47,52)/t33-,34+,35+/m1/s1. The number of nitrogens with two attached hydrogens (primary N) is 2. The molecule has 6 aromatic rings. The normalized spacial score (nSPS) is 12.9. The van der Waals surface area contributed by atoms with Crippen molar-refractivity contribution >= 4 is 17.8 Å². The monoisotopic (exact) mass is 730 g/mol. The smallest absolute Gasteiger partial charge is 0.249 e. The summed E-state index contributed by atoms with van der Waals surface area (Å²) in [6.45, 7) is 4.26. The van der Waals surface area contributed by atoms with Crippen LogP contribution in [0.25, 0.3) is 11.1 Å². The number of nitrogen functional groups attached to an aromatic ring is 1. The average molecular weight is 731 g/mol. The largest absolute Gasteiger partial charge is 0.508 e. The maximum atomic E-state index is 14.2. The molecule has 0 fully saturated rings. The average Bonchev–Trinajstić information content (AvgIpc) is 3.95. The minimum absolute atomic E-state index is 0.123. The number of aromatic nitrogens is 6. The van der Waals surface area contributed by atoms with Crippen LogP contribution in [0.4, 0.5) is 5.95 Å². The first-order valence-electron chi connectivity index (χ1n) is 18.0. The fourth-order valence-corrected chi connectivity index (χ4v) is 6.49. The van der Waals surface area contributed by atoms with Crippen molar-refractivity contribution in [1.82, 2.24) is 40.3 Å². The van der Waals surface area contributed by atoms with Crippen LogP contribution in [-0.2, 0) is 35.4 Å². The van der Waals surface area contributed by atoms with E-state index in [0.29, 0.717) is 50.4 Å². The molecule has 280 valence electrons. The molecule has 3 aromatic heterocycles. The number of hydrogen-bond acceptors (Lipinski definition) is 10. The van der Waals surface area contributed by atoms with Gasteiger partial charge in [0.25, 0.3) is 0 Å². The molecule has 3 atom stereocenters. The van der Waals surface area contributed by atoms with E-state index in [1.165, 1.54) is 0 Å². The van der Waals surface area contributed by atoms with Crippen molar-refractivity contribution in [3.63, 3.8) is 0 Å². The Bertz CT molecular complexity index is 2100. The van der Waals surface area contributed by atoms with Crippen molar-refractivity contribution in [2.24, 2.45) is 5.73 Å². The van der Waals surface area contributed by atoms with Crippen LogP contribution in [0.15, 0.2) is 96.2 Å². The Morgan fingerprint density at radius 1 is 0.981 bits per heavy atom. The minimum Gasteiger partial charge on any atom is -0.508 e. The molecule has 2 amide bonds. The van der Waals surface area contributed by atoms with Crippen LogP contribution in [0.2, 0.25) is 0 Å². The van der Waals surface area contributed by atoms with Gasteiger partial charge in [0.1, 0.15) is 17.8 Å². The summed E-state index contributed by atoms with van der Waals surface area (Å²) in [6, 6.07) is 19.0. The third-order valence-corrected chi connectivity index (χ3v) is 9.50. The van der Waals surface area contributed by atoms with Gasteiger partial charge in [-0.15, -0.1) is 0 Å². The second-order valence-electron chi connectivity index (χ2n) is 13.5. The number of aromatic amines is 1. The van der Waals surface area contributed by atoms with Gasteiger partial charge in [-0.2, -0.15) is 4.98 Å². The van der Waals surface area contributed by atoms with E-state index >= 15 is 0 Å². The molecule has 14 nitrogen and oxygen atoms in total. The molecule has 0 unspecified atom stereocenters. The van der Waals surface area contributed by atoms with E-state index in [0.717, 1.165) is 39.1 Å². The van der Waals surface area contributed by atoms with Crippen LogP contribution in [0.3, 0.4) is 0 Å². The van der Waals surface area contributed by atoms with E-state index in [4.69, 9.17) is 21.0 Å². The Morgan fingerprint density at radius 3 is 2.41 bits per heavy atom.